The van der Waals surface area contributed by atoms with Gasteiger partial charge in [-0.15, -0.1) is 0 Å². The molecule has 0 unspecified atom stereocenters. The first-order valence-electron chi connectivity index (χ1n) is 10.3. The van der Waals surface area contributed by atoms with Gasteiger partial charge in [0.1, 0.15) is 22.6 Å². The van der Waals surface area contributed by atoms with Crippen LogP contribution in [0.15, 0.2) is 36.5 Å². The number of halogens is 6. The maximum atomic E-state index is 15.0. The molecule has 0 spiro atoms. The van der Waals surface area contributed by atoms with Crippen LogP contribution in [0, 0.1) is 11.6 Å². The molecule has 2 aromatic heterocycles. The number of alkyl halides is 3. The van der Waals surface area contributed by atoms with Crippen LogP contribution in [0.1, 0.15) is 46.9 Å². The Bertz CT molecular complexity index is 1280. The summed E-state index contributed by atoms with van der Waals surface area (Å²) in [7, 11) is 0. The Labute approximate surface area is 196 Å². The molecule has 0 bridgehead atoms. The van der Waals surface area contributed by atoms with Crippen molar-refractivity contribution in [3.63, 3.8) is 0 Å². The Hall–Kier alpha value is -3.27. The van der Waals surface area contributed by atoms with Crippen molar-refractivity contribution in [1.82, 2.24) is 14.9 Å². The molecule has 0 aliphatic carbocycles. The maximum Gasteiger partial charge on any atom is 0.416 e. The number of hydrogen-bond donors (Lipinski definition) is 1. The molecule has 0 fully saturated rings. The summed E-state index contributed by atoms with van der Waals surface area (Å²) in [6.45, 7) is 4.27. The van der Waals surface area contributed by atoms with Crippen LogP contribution in [0.25, 0.3) is 11.3 Å². The summed E-state index contributed by atoms with van der Waals surface area (Å²) in [5, 5.41) is 2.51. The zero-order valence-corrected chi connectivity index (χ0v) is 18.7. The van der Waals surface area contributed by atoms with E-state index < -0.39 is 45.8 Å². The molecule has 3 heterocycles. The van der Waals surface area contributed by atoms with Crippen LogP contribution in [-0.2, 0) is 12.7 Å². The summed E-state index contributed by atoms with van der Waals surface area (Å²) in [5.41, 5.74) is -0.951. The van der Waals surface area contributed by atoms with Crippen molar-refractivity contribution in [3.8, 4) is 11.3 Å². The van der Waals surface area contributed by atoms with Crippen LogP contribution in [0.3, 0.4) is 0 Å². The fourth-order valence-electron chi connectivity index (χ4n) is 3.84. The lowest BCUT2D eigenvalue weighted by atomic mass is 10.0. The van der Waals surface area contributed by atoms with Gasteiger partial charge in [-0.1, -0.05) is 11.6 Å². The van der Waals surface area contributed by atoms with Crippen LogP contribution in [0.2, 0.25) is 5.15 Å². The molecule has 0 radical (unpaired) electrons. The molecular weight excluding hydrogens is 479 g/mol. The third-order valence-corrected chi connectivity index (χ3v) is 5.80. The van der Waals surface area contributed by atoms with Gasteiger partial charge >= 0.3 is 6.18 Å². The van der Waals surface area contributed by atoms with Crippen molar-refractivity contribution in [2.75, 3.05) is 11.9 Å². The summed E-state index contributed by atoms with van der Waals surface area (Å²) >= 11 is 5.68. The largest absolute Gasteiger partial charge is 0.416 e. The van der Waals surface area contributed by atoms with Crippen molar-refractivity contribution >= 4 is 23.3 Å². The van der Waals surface area contributed by atoms with Crippen molar-refractivity contribution in [2.45, 2.75) is 32.6 Å². The first-order valence-corrected chi connectivity index (χ1v) is 10.6. The van der Waals surface area contributed by atoms with Gasteiger partial charge in [-0.3, -0.25) is 4.79 Å². The van der Waals surface area contributed by atoms with E-state index in [9.17, 15) is 26.7 Å². The molecule has 178 valence electrons. The predicted octanol–water partition coefficient (Wildman–Crippen LogP) is 6.24. The van der Waals surface area contributed by atoms with Gasteiger partial charge in [0.15, 0.2) is 0 Å². The smallest absolute Gasteiger partial charge is 0.363 e. The summed E-state index contributed by atoms with van der Waals surface area (Å²) in [6, 6.07) is 3.73. The number of benzene rings is 1. The Balaban J connectivity index is 1.66. The predicted molar refractivity (Wildman–Crippen MR) is 116 cm³/mol. The number of rotatable bonds is 5. The molecule has 3 aromatic rings. The van der Waals surface area contributed by atoms with Gasteiger partial charge in [0.05, 0.1) is 23.8 Å². The second-order valence-corrected chi connectivity index (χ2v) is 8.17. The van der Waals surface area contributed by atoms with Gasteiger partial charge in [-0.25, -0.2) is 18.7 Å². The van der Waals surface area contributed by atoms with E-state index in [4.69, 9.17) is 11.6 Å². The third-order valence-electron chi connectivity index (χ3n) is 5.61. The average molecular weight is 497 g/mol. The Morgan fingerprint density at radius 1 is 1.15 bits per heavy atom. The minimum atomic E-state index is -4.73. The molecule has 34 heavy (non-hydrogen) atoms. The minimum absolute atomic E-state index is 0.0737. The molecule has 1 N–H and O–H groups in total. The lowest BCUT2D eigenvalue weighted by molar-refractivity contribution is -0.137. The van der Waals surface area contributed by atoms with Gasteiger partial charge in [0, 0.05) is 35.0 Å². The zero-order chi connectivity index (χ0) is 24.8. The number of nitrogens with zero attached hydrogens (tertiary/aromatic N) is 3. The number of fused-ring (bicyclic) bond motifs is 1. The minimum Gasteiger partial charge on any atom is -0.363 e. The summed E-state index contributed by atoms with van der Waals surface area (Å²) in [5.74, 6) is -1.59. The van der Waals surface area contributed by atoms with Crippen LogP contribution >= 0.6 is 11.6 Å². The number of anilines is 1. The van der Waals surface area contributed by atoms with E-state index in [1.54, 1.807) is 17.9 Å². The number of hydrogen-bond acceptors (Lipinski definition) is 4. The first kappa shape index (κ1) is 23.9. The van der Waals surface area contributed by atoms with Crippen LogP contribution < -0.4 is 5.32 Å². The number of carbonyl (C=O) groups excluding carboxylic acids is 1. The summed E-state index contributed by atoms with van der Waals surface area (Å²) in [6.07, 6.45) is -3.28. The topological polar surface area (TPSA) is 58.1 Å². The highest BCUT2D eigenvalue weighted by Crippen LogP contribution is 2.36. The lowest BCUT2D eigenvalue weighted by Gasteiger charge is -2.19. The Kier molecular flexibility index (Phi) is 6.20. The van der Waals surface area contributed by atoms with Gasteiger partial charge in [-0.2, -0.15) is 13.2 Å². The van der Waals surface area contributed by atoms with E-state index in [1.165, 1.54) is 6.20 Å². The standard InChI is InChI=1S/C23H18ClF5N4O/c1-3-33-10-16-13(22(33)34)4-5-30-21(16)31-11(2)14-8-18(26)15(9-17(14)25)19-6-12(23(27,28)29)7-20(24)32-19/h4-9,11H,3,10H2,1-2H3,(H,30,31)/t11-/m0/s1. The Morgan fingerprint density at radius 2 is 1.88 bits per heavy atom. The highest BCUT2D eigenvalue weighted by Gasteiger charge is 2.32. The zero-order valence-electron chi connectivity index (χ0n) is 18.0. The number of aromatic nitrogens is 2. The van der Waals surface area contributed by atoms with Gasteiger partial charge < -0.3 is 10.2 Å². The molecule has 0 saturated heterocycles. The van der Waals surface area contributed by atoms with Crippen molar-refractivity contribution in [1.29, 1.82) is 0 Å². The van der Waals surface area contributed by atoms with E-state index in [0.29, 0.717) is 42.2 Å². The molecule has 1 aliphatic rings. The summed E-state index contributed by atoms with van der Waals surface area (Å²) in [4.78, 5) is 22.0. The van der Waals surface area contributed by atoms with Crippen LogP contribution in [0.4, 0.5) is 27.8 Å². The molecule has 5 nitrogen and oxygen atoms in total. The molecular formula is C23H18ClF5N4O. The number of carbonyl (C=O) groups is 1. The monoisotopic (exact) mass is 496 g/mol. The molecule has 1 amide bonds. The van der Waals surface area contributed by atoms with Gasteiger partial charge in [0.25, 0.3) is 5.91 Å². The van der Waals surface area contributed by atoms with Crippen molar-refractivity contribution < 1.29 is 26.7 Å². The van der Waals surface area contributed by atoms with Crippen LogP contribution in [-0.4, -0.2) is 27.3 Å². The van der Waals surface area contributed by atoms with Crippen molar-refractivity contribution in [2.24, 2.45) is 0 Å². The Morgan fingerprint density at radius 3 is 2.56 bits per heavy atom. The van der Waals surface area contributed by atoms with E-state index in [1.807, 2.05) is 6.92 Å². The fraction of sp³-hybridized carbons (Fsp3) is 0.261. The van der Waals surface area contributed by atoms with Crippen molar-refractivity contribution in [3.05, 3.63) is 75.6 Å². The average Bonchev–Trinajstić information content (AvgIpc) is 3.10. The molecule has 1 aliphatic heterocycles. The van der Waals surface area contributed by atoms with E-state index in [2.05, 4.69) is 15.3 Å². The fourth-order valence-corrected chi connectivity index (χ4v) is 4.05. The van der Waals surface area contributed by atoms with Gasteiger partial charge in [0.2, 0.25) is 0 Å². The van der Waals surface area contributed by atoms with Crippen LogP contribution in [0.5, 0.6) is 0 Å². The van der Waals surface area contributed by atoms with E-state index in [0.717, 1.165) is 12.1 Å². The van der Waals surface area contributed by atoms with E-state index >= 15 is 0 Å². The lowest BCUT2D eigenvalue weighted by Crippen LogP contribution is -2.22. The first-order chi connectivity index (χ1) is 16.0. The molecule has 1 aromatic carbocycles. The number of pyridine rings is 2. The maximum absolute atomic E-state index is 15.0. The SMILES string of the molecule is CCN1Cc2c(ccnc2N[C@@H](C)c2cc(F)c(-c3cc(C(F)(F)F)cc(Cl)n3)cc2F)C1=O. The number of nitrogens with one attached hydrogen (secondary N) is 1. The molecule has 0 saturated carbocycles. The van der Waals surface area contributed by atoms with Gasteiger partial charge in [-0.05, 0) is 44.2 Å². The molecule has 1 atom stereocenters. The second kappa shape index (κ2) is 8.83. The second-order valence-electron chi connectivity index (χ2n) is 7.79. The highest BCUT2D eigenvalue weighted by molar-refractivity contribution is 6.29. The van der Waals surface area contributed by atoms with E-state index in [-0.39, 0.29) is 11.5 Å². The molecule has 11 heteroatoms. The highest BCUT2D eigenvalue weighted by atomic mass is 35.5. The normalized spacial score (nSPS) is 14.4. The third kappa shape index (κ3) is 4.42. The summed E-state index contributed by atoms with van der Waals surface area (Å²) < 4.78 is 69.2. The number of amides is 1. The molecule has 4 rings (SSSR count). The quantitative estimate of drug-likeness (QED) is 0.335.